The molecule has 6 nitrogen and oxygen atoms in total. The Morgan fingerprint density at radius 3 is 2.42 bits per heavy atom. The minimum absolute atomic E-state index is 0.134. The summed E-state index contributed by atoms with van der Waals surface area (Å²) in [6, 6.07) is 16.9. The van der Waals surface area contributed by atoms with Gasteiger partial charge in [0.15, 0.2) is 5.03 Å². The zero-order valence-corrected chi connectivity index (χ0v) is 15.2. The Balaban J connectivity index is 1.96. The first-order valence-electron chi connectivity index (χ1n) is 6.88. The summed E-state index contributed by atoms with van der Waals surface area (Å²) in [6.07, 6.45) is 1.33. The molecule has 3 aromatic rings. The summed E-state index contributed by atoms with van der Waals surface area (Å²) in [5.74, 6) is 0.176. The van der Waals surface area contributed by atoms with Crippen LogP contribution in [0.15, 0.2) is 70.8 Å². The molecule has 8 heteroatoms. The van der Waals surface area contributed by atoms with Gasteiger partial charge in [0.1, 0.15) is 6.33 Å². The Bertz CT molecular complexity index is 860. The van der Waals surface area contributed by atoms with Crippen molar-refractivity contribution in [3.63, 3.8) is 0 Å². The molecule has 24 heavy (non-hydrogen) atoms. The maximum absolute atomic E-state index is 11.5. The summed E-state index contributed by atoms with van der Waals surface area (Å²) in [4.78, 5) is 20.1. The smallest absolute Gasteiger partial charge is 0.334 e. The largest absolute Gasteiger partial charge is 0.343 e. The molecule has 1 aromatic heterocycles. The number of halogens is 1. The molecule has 0 bridgehead atoms. The number of hydrogen-bond acceptors (Lipinski definition) is 6. The van der Waals surface area contributed by atoms with E-state index < -0.39 is 4.92 Å². The second kappa shape index (κ2) is 7.58. The Morgan fingerprint density at radius 1 is 1.04 bits per heavy atom. The number of rotatable bonds is 5. The fourth-order valence-corrected chi connectivity index (χ4v) is 3.21. The van der Waals surface area contributed by atoms with Gasteiger partial charge in [0, 0.05) is 14.2 Å². The van der Waals surface area contributed by atoms with Crippen LogP contribution >= 0.6 is 34.4 Å². The highest BCUT2D eigenvalue weighted by Gasteiger charge is 2.23. The summed E-state index contributed by atoms with van der Waals surface area (Å²) >= 11 is 3.43. The monoisotopic (exact) mass is 450 g/mol. The molecule has 0 amide bonds. The van der Waals surface area contributed by atoms with Crippen LogP contribution in [0.1, 0.15) is 0 Å². The van der Waals surface area contributed by atoms with Gasteiger partial charge in [-0.3, -0.25) is 10.1 Å². The second-order valence-electron chi connectivity index (χ2n) is 4.68. The molecule has 0 aliphatic rings. The molecular formula is C16H11IN4O2S. The highest BCUT2D eigenvalue weighted by molar-refractivity contribution is 14.1. The lowest BCUT2D eigenvalue weighted by molar-refractivity contribution is -0.387. The van der Waals surface area contributed by atoms with E-state index in [2.05, 4.69) is 37.9 Å². The summed E-state index contributed by atoms with van der Waals surface area (Å²) in [7, 11) is 0. The number of aromatic nitrogens is 2. The molecule has 1 N–H and O–H groups in total. The Kier molecular flexibility index (Phi) is 5.26. The molecular weight excluding hydrogens is 439 g/mol. The molecule has 0 aliphatic heterocycles. The third kappa shape index (κ3) is 4.01. The van der Waals surface area contributed by atoms with Crippen LogP contribution in [0.3, 0.4) is 0 Å². The molecule has 0 saturated heterocycles. The Hall–Kier alpha value is -2.20. The SMILES string of the molecule is O=[N+]([O-])c1c(Nc2ccc(I)cc2)ncnc1Sc1ccccc1. The van der Waals surface area contributed by atoms with Crippen LogP contribution in [0.4, 0.5) is 17.2 Å². The topological polar surface area (TPSA) is 81.0 Å². The number of nitrogens with zero attached hydrogens (tertiary/aromatic N) is 3. The molecule has 0 aliphatic carbocycles. The molecule has 2 aromatic carbocycles. The number of hydrogen-bond donors (Lipinski definition) is 1. The van der Waals surface area contributed by atoms with Crippen molar-refractivity contribution in [3.05, 3.63) is 74.6 Å². The molecule has 1 heterocycles. The number of nitro groups is 1. The number of benzene rings is 2. The van der Waals surface area contributed by atoms with Gasteiger partial charge >= 0.3 is 5.69 Å². The van der Waals surface area contributed by atoms with Crippen LogP contribution in [0, 0.1) is 13.7 Å². The average molecular weight is 450 g/mol. The van der Waals surface area contributed by atoms with Crippen molar-refractivity contribution in [2.75, 3.05) is 5.32 Å². The minimum atomic E-state index is -0.458. The van der Waals surface area contributed by atoms with Gasteiger partial charge in [-0.2, -0.15) is 0 Å². The summed E-state index contributed by atoms with van der Waals surface area (Å²) < 4.78 is 1.08. The van der Waals surface area contributed by atoms with Gasteiger partial charge < -0.3 is 5.32 Å². The minimum Gasteiger partial charge on any atom is -0.334 e. The van der Waals surface area contributed by atoms with Crippen LogP contribution in [-0.4, -0.2) is 14.9 Å². The quantitative estimate of drug-likeness (QED) is 0.258. The van der Waals surface area contributed by atoms with E-state index in [-0.39, 0.29) is 11.5 Å². The van der Waals surface area contributed by atoms with Crippen LogP contribution in [0.25, 0.3) is 0 Å². The maximum atomic E-state index is 11.5. The fraction of sp³-hybridized carbons (Fsp3) is 0. The van der Waals surface area contributed by atoms with E-state index in [4.69, 9.17) is 0 Å². The molecule has 0 radical (unpaired) electrons. The first-order valence-corrected chi connectivity index (χ1v) is 8.78. The van der Waals surface area contributed by atoms with Gasteiger partial charge in [-0.05, 0) is 59.0 Å². The van der Waals surface area contributed by atoms with E-state index in [1.807, 2.05) is 54.6 Å². The van der Waals surface area contributed by atoms with Crippen molar-refractivity contribution in [2.24, 2.45) is 0 Å². The zero-order valence-electron chi connectivity index (χ0n) is 12.2. The van der Waals surface area contributed by atoms with Gasteiger partial charge in [0.2, 0.25) is 5.82 Å². The van der Waals surface area contributed by atoms with E-state index in [9.17, 15) is 10.1 Å². The summed E-state index contributed by atoms with van der Waals surface area (Å²) in [6.45, 7) is 0. The number of anilines is 2. The molecule has 0 unspecified atom stereocenters. The molecule has 0 spiro atoms. The van der Waals surface area contributed by atoms with Gasteiger partial charge in [-0.1, -0.05) is 30.0 Å². The molecule has 0 fully saturated rings. The van der Waals surface area contributed by atoms with Crippen molar-refractivity contribution in [3.8, 4) is 0 Å². The lowest BCUT2D eigenvalue weighted by Gasteiger charge is -2.08. The van der Waals surface area contributed by atoms with E-state index in [0.29, 0.717) is 5.03 Å². The van der Waals surface area contributed by atoms with E-state index >= 15 is 0 Å². The average Bonchev–Trinajstić information content (AvgIpc) is 2.58. The van der Waals surface area contributed by atoms with Crippen molar-refractivity contribution in [2.45, 2.75) is 9.92 Å². The molecule has 0 saturated carbocycles. The Labute approximate surface area is 156 Å². The standard InChI is InChI=1S/C16H11IN4O2S/c17-11-6-8-12(9-7-11)20-15-14(21(22)23)16(19-10-18-15)24-13-4-2-1-3-5-13/h1-10H,(H,18,19,20). The first kappa shape index (κ1) is 16.7. The fourth-order valence-electron chi connectivity index (χ4n) is 1.96. The third-order valence-electron chi connectivity index (χ3n) is 3.04. The number of nitrogens with one attached hydrogen (secondary N) is 1. The molecule has 120 valence electrons. The lowest BCUT2D eigenvalue weighted by Crippen LogP contribution is -2.02. The van der Waals surface area contributed by atoms with E-state index in [0.717, 1.165) is 14.2 Å². The summed E-state index contributed by atoms with van der Waals surface area (Å²) in [5, 5.41) is 14.8. The Morgan fingerprint density at radius 2 is 1.75 bits per heavy atom. The van der Waals surface area contributed by atoms with Gasteiger partial charge in [0.25, 0.3) is 0 Å². The van der Waals surface area contributed by atoms with Crippen LogP contribution in [0.5, 0.6) is 0 Å². The predicted octanol–water partition coefficient (Wildman–Crippen LogP) is 4.88. The van der Waals surface area contributed by atoms with Crippen molar-refractivity contribution in [1.29, 1.82) is 0 Å². The van der Waals surface area contributed by atoms with Gasteiger partial charge in [0.05, 0.1) is 4.92 Å². The van der Waals surface area contributed by atoms with Crippen LogP contribution in [0.2, 0.25) is 0 Å². The van der Waals surface area contributed by atoms with Crippen LogP contribution in [-0.2, 0) is 0 Å². The third-order valence-corrected chi connectivity index (χ3v) is 4.76. The van der Waals surface area contributed by atoms with Crippen LogP contribution < -0.4 is 5.32 Å². The second-order valence-corrected chi connectivity index (χ2v) is 6.99. The van der Waals surface area contributed by atoms with E-state index in [1.54, 1.807) is 0 Å². The van der Waals surface area contributed by atoms with Gasteiger partial charge in [-0.15, -0.1) is 0 Å². The highest BCUT2D eigenvalue weighted by Crippen LogP contribution is 2.37. The summed E-state index contributed by atoms with van der Waals surface area (Å²) in [5.41, 5.74) is 0.595. The molecule has 0 atom stereocenters. The predicted molar refractivity (Wildman–Crippen MR) is 102 cm³/mol. The van der Waals surface area contributed by atoms with Crippen molar-refractivity contribution in [1.82, 2.24) is 9.97 Å². The van der Waals surface area contributed by atoms with E-state index in [1.165, 1.54) is 18.1 Å². The maximum Gasteiger partial charge on any atom is 0.343 e. The molecule has 3 rings (SSSR count). The first-order chi connectivity index (χ1) is 11.6. The zero-order chi connectivity index (χ0) is 16.9. The normalized spacial score (nSPS) is 10.4. The van der Waals surface area contributed by atoms with Crippen molar-refractivity contribution >= 4 is 51.5 Å². The van der Waals surface area contributed by atoms with Gasteiger partial charge in [-0.25, -0.2) is 9.97 Å². The highest BCUT2D eigenvalue weighted by atomic mass is 127. The van der Waals surface area contributed by atoms with Crippen molar-refractivity contribution < 1.29 is 4.92 Å². The lowest BCUT2D eigenvalue weighted by atomic mass is 10.3.